The number of nitrogens with zero attached hydrogens (tertiary/aromatic N) is 2. The quantitative estimate of drug-likeness (QED) is 0.1000. The van der Waals surface area contributed by atoms with Gasteiger partial charge in [0.25, 0.3) is 5.91 Å². The molecule has 0 bridgehead atoms. The average molecular weight is 698 g/mol. The number of benzene rings is 3. The van der Waals surface area contributed by atoms with E-state index in [1.165, 1.54) is 12.1 Å². The molecule has 2 heterocycles. The second-order valence-electron chi connectivity index (χ2n) is 11.2. The molecule has 11 nitrogen and oxygen atoms in total. The van der Waals surface area contributed by atoms with E-state index in [0.717, 1.165) is 20.9 Å². The summed E-state index contributed by atoms with van der Waals surface area (Å²) in [5, 5.41) is 14.0. The fraction of sp³-hybridized carbons (Fsp3) is 0.273. The SMILES string of the molecule is Cc1cc(C)c2cccc(OCc3c(Cl)ccc(S(=O)(=O)N4CCCC4C(=O)NCCNC(=O)c4ccc(C(=N)N)cc4)c3Cl)c2n1. The van der Waals surface area contributed by atoms with Crippen LogP contribution in [0, 0.1) is 19.3 Å². The number of fused-ring (bicyclic) bond motifs is 1. The average Bonchev–Trinajstić information content (AvgIpc) is 3.54. The Labute approximate surface area is 283 Å². The zero-order valence-corrected chi connectivity index (χ0v) is 28.1. The van der Waals surface area contributed by atoms with Crippen LogP contribution in [0.4, 0.5) is 0 Å². The predicted octanol–water partition coefficient (Wildman–Crippen LogP) is 4.72. The lowest BCUT2D eigenvalue weighted by Gasteiger charge is -2.24. The van der Waals surface area contributed by atoms with Crippen LogP contribution in [-0.4, -0.2) is 61.0 Å². The highest BCUT2D eigenvalue weighted by molar-refractivity contribution is 7.89. The number of carbonyl (C=O) groups excluding carboxylic acids is 2. The van der Waals surface area contributed by atoms with Gasteiger partial charge in [-0.2, -0.15) is 4.31 Å². The van der Waals surface area contributed by atoms with Gasteiger partial charge in [-0.15, -0.1) is 0 Å². The topological polar surface area (TPSA) is 168 Å². The molecular weight excluding hydrogens is 663 g/mol. The van der Waals surface area contributed by atoms with Crippen molar-refractivity contribution in [3.8, 4) is 5.75 Å². The first-order valence-electron chi connectivity index (χ1n) is 14.9. The van der Waals surface area contributed by atoms with Gasteiger partial charge in [-0.25, -0.2) is 13.4 Å². The molecule has 3 aromatic carbocycles. The minimum Gasteiger partial charge on any atom is -0.487 e. The van der Waals surface area contributed by atoms with E-state index < -0.39 is 22.0 Å². The maximum Gasteiger partial charge on any atom is 0.251 e. The summed E-state index contributed by atoms with van der Waals surface area (Å²) in [6.07, 6.45) is 0.812. The Morgan fingerprint density at radius 2 is 1.74 bits per heavy atom. The summed E-state index contributed by atoms with van der Waals surface area (Å²) < 4.78 is 35.0. The van der Waals surface area contributed by atoms with E-state index in [1.54, 1.807) is 30.3 Å². The number of nitrogens with one attached hydrogen (secondary N) is 3. The largest absolute Gasteiger partial charge is 0.487 e. The van der Waals surface area contributed by atoms with Gasteiger partial charge in [0, 0.05) is 52.4 Å². The normalized spacial score (nSPS) is 15.0. The molecule has 5 N–H and O–H groups in total. The van der Waals surface area contributed by atoms with Crippen molar-refractivity contribution in [1.29, 1.82) is 5.41 Å². The maximum atomic E-state index is 13.9. The first-order chi connectivity index (χ1) is 22.4. The van der Waals surface area contributed by atoms with Crippen LogP contribution in [0.5, 0.6) is 5.75 Å². The zero-order chi connectivity index (χ0) is 33.9. The van der Waals surface area contributed by atoms with Crippen LogP contribution in [0.15, 0.2) is 65.6 Å². The van der Waals surface area contributed by atoms with Crippen LogP contribution < -0.4 is 21.1 Å². The molecule has 0 aliphatic carbocycles. The monoisotopic (exact) mass is 696 g/mol. The number of sulfonamides is 1. The van der Waals surface area contributed by atoms with Crippen LogP contribution in [0.2, 0.25) is 10.0 Å². The summed E-state index contributed by atoms with van der Waals surface area (Å²) in [4.78, 5) is 30.0. The van der Waals surface area contributed by atoms with Gasteiger partial charge in [0.05, 0.1) is 5.02 Å². The fourth-order valence-electron chi connectivity index (χ4n) is 5.53. The number of pyridine rings is 1. The summed E-state index contributed by atoms with van der Waals surface area (Å²) >= 11 is 13.2. The molecular formula is C33H34Cl2N6O5S. The highest BCUT2D eigenvalue weighted by atomic mass is 35.5. The lowest BCUT2D eigenvalue weighted by atomic mass is 10.1. The Morgan fingerprint density at radius 3 is 2.47 bits per heavy atom. The number of para-hydroxylation sites is 1. The van der Waals surface area contributed by atoms with Crippen LogP contribution in [0.25, 0.3) is 10.9 Å². The second kappa shape index (κ2) is 14.3. The number of nitrogens with two attached hydrogens (primary N) is 1. The molecule has 1 aliphatic heterocycles. The number of hydrogen-bond donors (Lipinski definition) is 4. The van der Waals surface area contributed by atoms with Crippen molar-refractivity contribution in [1.82, 2.24) is 19.9 Å². The maximum absolute atomic E-state index is 13.9. The van der Waals surface area contributed by atoms with Crippen molar-refractivity contribution < 1.29 is 22.7 Å². The first-order valence-corrected chi connectivity index (χ1v) is 17.1. The van der Waals surface area contributed by atoms with Gasteiger partial charge in [0.15, 0.2) is 0 Å². The molecule has 1 saturated heterocycles. The molecule has 1 aromatic heterocycles. The summed E-state index contributed by atoms with van der Waals surface area (Å²) in [6, 6.07) is 15.6. The number of amidine groups is 1. The molecule has 0 spiro atoms. The van der Waals surface area contributed by atoms with Crippen molar-refractivity contribution in [3.05, 3.63) is 98.7 Å². The van der Waals surface area contributed by atoms with E-state index in [2.05, 4.69) is 15.6 Å². The Kier molecular flexibility index (Phi) is 10.4. The Morgan fingerprint density at radius 1 is 1.04 bits per heavy atom. The van der Waals surface area contributed by atoms with Gasteiger partial charge in [0.1, 0.15) is 34.6 Å². The molecule has 1 aliphatic rings. The molecule has 4 aromatic rings. The molecule has 1 atom stereocenters. The molecule has 0 radical (unpaired) electrons. The molecule has 14 heteroatoms. The van der Waals surface area contributed by atoms with Crippen molar-refractivity contribution >= 4 is 61.8 Å². The van der Waals surface area contributed by atoms with Crippen LogP contribution in [-0.2, 0) is 21.4 Å². The van der Waals surface area contributed by atoms with Gasteiger partial charge < -0.3 is 21.1 Å². The number of aryl methyl sites for hydroxylation is 2. The molecule has 2 amide bonds. The van der Waals surface area contributed by atoms with Crippen LogP contribution in [0.1, 0.15) is 45.6 Å². The van der Waals surface area contributed by atoms with Crippen molar-refractivity contribution in [3.63, 3.8) is 0 Å². The summed E-state index contributed by atoms with van der Waals surface area (Å²) in [7, 11) is -4.20. The minimum atomic E-state index is -4.20. The van der Waals surface area contributed by atoms with Crippen LogP contribution in [0.3, 0.4) is 0 Å². The van der Waals surface area contributed by atoms with Gasteiger partial charge in [-0.3, -0.25) is 15.0 Å². The summed E-state index contributed by atoms with van der Waals surface area (Å²) in [5.74, 6) is -0.435. The second-order valence-corrected chi connectivity index (χ2v) is 13.8. The third-order valence-electron chi connectivity index (χ3n) is 7.92. The third-order valence-corrected chi connectivity index (χ3v) is 10.8. The standard InChI is InChI=1S/C33H34Cl2N6O5S/c1-19-17-20(2)40-30-23(19)5-3-7-27(30)46-18-24-25(34)12-13-28(29(24)35)47(44,45)41-16-4-6-26(41)33(43)39-15-14-38-32(42)22-10-8-21(9-11-22)31(36)37/h3,5,7-13,17,26H,4,6,14-16,18H2,1-2H3,(H3,36,37)(H,38,42)(H,39,43). The van der Waals surface area contributed by atoms with E-state index in [1.807, 2.05) is 32.0 Å². The number of rotatable bonds is 11. The predicted molar refractivity (Wildman–Crippen MR) is 182 cm³/mol. The lowest BCUT2D eigenvalue weighted by Crippen LogP contribution is -2.47. The number of ether oxygens (including phenoxy) is 1. The molecule has 5 rings (SSSR count). The zero-order valence-electron chi connectivity index (χ0n) is 25.8. The fourth-order valence-corrected chi connectivity index (χ4v) is 8.05. The van der Waals surface area contributed by atoms with Gasteiger partial charge in [0.2, 0.25) is 15.9 Å². The number of hydrogen-bond acceptors (Lipinski definition) is 7. The van der Waals surface area contributed by atoms with Crippen molar-refractivity contribution in [2.24, 2.45) is 5.73 Å². The van der Waals surface area contributed by atoms with E-state index in [4.69, 9.17) is 39.1 Å². The Bertz CT molecular complexity index is 1970. The molecule has 1 unspecified atom stereocenters. The smallest absolute Gasteiger partial charge is 0.251 e. The number of nitrogen functional groups attached to an aromatic ring is 1. The summed E-state index contributed by atoms with van der Waals surface area (Å²) in [6.45, 7) is 4.13. The first kappa shape index (κ1) is 34.1. The Hall–Kier alpha value is -4.23. The Balaban J connectivity index is 1.25. The lowest BCUT2D eigenvalue weighted by molar-refractivity contribution is -0.124. The van der Waals surface area contributed by atoms with E-state index >= 15 is 0 Å². The molecule has 246 valence electrons. The molecule has 0 saturated carbocycles. The number of aromatic nitrogens is 1. The molecule has 1 fully saturated rings. The highest BCUT2D eigenvalue weighted by Gasteiger charge is 2.40. The number of halogens is 2. The van der Waals surface area contributed by atoms with E-state index in [0.29, 0.717) is 40.8 Å². The third kappa shape index (κ3) is 7.36. The van der Waals surface area contributed by atoms with Crippen molar-refractivity contribution in [2.75, 3.05) is 19.6 Å². The van der Waals surface area contributed by atoms with E-state index in [-0.39, 0.29) is 52.9 Å². The number of amides is 2. The van der Waals surface area contributed by atoms with E-state index in [9.17, 15) is 18.0 Å². The van der Waals surface area contributed by atoms with Gasteiger partial charge in [-0.05, 0) is 68.7 Å². The summed E-state index contributed by atoms with van der Waals surface area (Å²) in [5.41, 5.74) is 9.17. The number of carbonyl (C=O) groups is 2. The highest BCUT2D eigenvalue weighted by Crippen LogP contribution is 2.36. The van der Waals surface area contributed by atoms with Crippen LogP contribution >= 0.6 is 23.2 Å². The minimum absolute atomic E-state index is 0.0804. The van der Waals surface area contributed by atoms with Gasteiger partial charge >= 0.3 is 0 Å². The van der Waals surface area contributed by atoms with Gasteiger partial charge in [-0.1, -0.05) is 47.5 Å². The van der Waals surface area contributed by atoms with Crippen molar-refractivity contribution in [2.45, 2.75) is 44.2 Å². The molecule has 47 heavy (non-hydrogen) atoms.